The van der Waals surface area contributed by atoms with Crippen LogP contribution in [0.3, 0.4) is 0 Å². The zero-order valence-electron chi connectivity index (χ0n) is 15.3. The molecule has 0 spiro atoms. The number of hydrogen-bond donors (Lipinski definition) is 1. The summed E-state index contributed by atoms with van der Waals surface area (Å²) >= 11 is 0. The van der Waals surface area contributed by atoms with Crippen LogP contribution in [0.5, 0.6) is 5.75 Å². The van der Waals surface area contributed by atoms with Crippen LogP contribution in [-0.2, 0) is 4.79 Å². The summed E-state index contributed by atoms with van der Waals surface area (Å²) in [6, 6.07) is 12.5. The van der Waals surface area contributed by atoms with Crippen LogP contribution < -0.4 is 15.0 Å². The molecule has 26 heavy (non-hydrogen) atoms. The van der Waals surface area contributed by atoms with E-state index in [1.54, 1.807) is 6.07 Å². The molecule has 4 nitrogen and oxygen atoms in total. The van der Waals surface area contributed by atoms with Crippen LogP contribution in [0.15, 0.2) is 42.5 Å². The molecule has 138 valence electrons. The molecule has 1 aliphatic heterocycles. The van der Waals surface area contributed by atoms with Gasteiger partial charge in [0.05, 0.1) is 5.69 Å². The molecule has 1 amide bonds. The van der Waals surface area contributed by atoms with Gasteiger partial charge in [0.1, 0.15) is 17.3 Å². The summed E-state index contributed by atoms with van der Waals surface area (Å²) in [7, 11) is 0. The van der Waals surface area contributed by atoms with Crippen LogP contribution in [0.4, 0.5) is 15.8 Å². The molecule has 2 aromatic rings. The molecule has 0 radical (unpaired) electrons. The van der Waals surface area contributed by atoms with Crippen molar-refractivity contribution in [2.24, 2.45) is 0 Å². The van der Waals surface area contributed by atoms with Gasteiger partial charge in [-0.25, -0.2) is 4.39 Å². The third-order valence-electron chi connectivity index (χ3n) is 4.62. The molecule has 0 aromatic heterocycles. The maximum Gasteiger partial charge on any atom is 0.262 e. The molecule has 0 bridgehead atoms. The second-order valence-electron chi connectivity index (χ2n) is 6.89. The van der Waals surface area contributed by atoms with Gasteiger partial charge in [-0.1, -0.05) is 32.0 Å². The number of para-hydroxylation sites is 1. The van der Waals surface area contributed by atoms with Gasteiger partial charge in [0.25, 0.3) is 5.91 Å². The lowest BCUT2D eigenvalue weighted by atomic mass is 10.0. The third kappa shape index (κ3) is 4.34. The summed E-state index contributed by atoms with van der Waals surface area (Å²) in [5, 5.41) is 2.67. The highest BCUT2D eigenvalue weighted by Crippen LogP contribution is 2.31. The average Bonchev–Trinajstić information content (AvgIpc) is 3.16. The maximum atomic E-state index is 14.3. The van der Waals surface area contributed by atoms with Gasteiger partial charge in [-0.3, -0.25) is 4.79 Å². The molecule has 1 heterocycles. The van der Waals surface area contributed by atoms with E-state index in [0.717, 1.165) is 31.6 Å². The number of nitrogens with one attached hydrogen (secondary N) is 1. The van der Waals surface area contributed by atoms with Crippen LogP contribution in [0.1, 0.15) is 38.2 Å². The number of amides is 1. The van der Waals surface area contributed by atoms with Gasteiger partial charge in [-0.15, -0.1) is 0 Å². The topological polar surface area (TPSA) is 41.6 Å². The summed E-state index contributed by atoms with van der Waals surface area (Å²) in [6.45, 7) is 5.84. The quantitative estimate of drug-likeness (QED) is 0.824. The van der Waals surface area contributed by atoms with Crippen molar-refractivity contribution >= 4 is 17.3 Å². The van der Waals surface area contributed by atoms with Crippen molar-refractivity contribution in [3.8, 4) is 5.75 Å². The molecule has 5 heteroatoms. The number of anilines is 2. The number of rotatable bonds is 6. The van der Waals surface area contributed by atoms with Crippen molar-refractivity contribution in [2.45, 2.75) is 32.6 Å². The SMILES string of the molecule is CC(C)c1ccc(OCC(=O)Nc2c(F)cccc2N2CCCC2)cc1. The minimum absolute atomic E-state index is 0.158. The Morgan fingerprint density at radius 2 is 1.85 bits per heavy atom. The number of carbonyl (C=O) groups is 1. The smallest absolute Gasteiger partial charge is 0.262 e. The number of nitrogens with zero attached hydrogens (tertiary/aromatic N) is 1. The summed E-state index contributed by atoms with van der Waals surface area (Å²) in [5.74, 6) is 0.266. The van der Waals surface area contributed by atoms with Crippen LogP contribution in [-0.4, -0.2) is 25.6 Å². The van der Waals surface area contributed by atoms with Crippen molar-refractivity contribution < 1.29 is 13.9 Å². The molecule has 1 N–H and O–H groups in total. The molecule has 2 aromatic carbocycles. The zero-order chi connectivity index (χ0) is 18.5. The highest BCUT2D eigenvalue weighted by molar-refractivity contribution is 5.95. The van der Waals surface area contributed by atoms with Crippen LogP contribution in [0.25, 0.3) is 0 Å². The highest BCUT2D eigenvalue weighted by Gasteiger charge is 2.19. The van der Waals surface area contributed by atoms with Crippen LogP contribution in [0.2, 0.25) is 0 Å². The Hall–Kier alpha value is -2.56. The summed E-state index contributed by atoms with van der Waals surface area (Å²) in [6.07, 6.45) is 2.17. The fourth-order valence-corrected chi connectivity index (χ4v) is 3.13. The van der Waals surface area contributed by atoms with E-state index in [0.29, 0.717) is 11.7 Å². The summed E-state index contributed by atoms with van der Waals surface area (Å²) in [4.78, 5) is 14.4. The van der Waals surface area contributed by atoms with Gasteiger partial charge >= 0.3 is 0 Å². The highest BCUT2D eigenvalue weighted by atomic mass is 19.1. The Morgan fingerprint density at radius 1 is 1.15 bits per heavy atom. The van der Waals surface area contributed by atoms with Gasteiger partial charge in [0, 0.05) is 13.1 Å². The summed E-state index contributed by atoms with van der Waals surface area (Å²) in [5.41, 5.74) is 2.18. The molecule has 0 atom stereocenters. The van der Waals surface area contributed by atoms with Crippen molar-refractivity contribution in [3.63, 3.8) is 0 Å². The molecule has 0 saturated carbocycles. The first-order valence-electron chi connectivity index (χ1n) is 9.10. The van der Waals surface area contributed by atoms with Gasteiger partial charge < -0.3 is 15.0 Å². The van der Waals surface area contributed by atoms with Crippen molar-refractivity contribution in [1.82, 2.24) is 0 Å². The zero-order valence-corrected chi connectivity index (χ0v) is 15.3. The van der Waals surface area contributed by atoms with Gasteiger partial charge in [-0.2, -0.15) is 0 Å². The number of halogens is 1. The van der Waals surface area contributed by atoms with E-state index >= 15 is 0 Å². The van der Waals surface area contributed by atoms with Crippen molar-refractivity contribution in [2.75, 3.05) is 29.9 Å². The van der Waals surface area contributed by atoms with Gasteiger partial charge in [0.15, 0.2) is 6.61 Å². The normalized spacial score (nSPS) is 13.9. The minimum atomic E-state index is -0.427. The van der Waals surface area contributed by atoms with E-state index in [1.165, 1.54) is 11.6 Å². The van der Waals surface area contributed by atoms with E-state index in [-0.39, 0.29) is 18.2 Å². The Labute approximate surface area is 154 Å². The van der Waals surface area contributed by atoms with Crippen molar-refractivity contribution in [3.05, 3.63) is 53.8 Å². The Bertz CT molecular complexity index is 753. The summed E-state index contributed by atoms with van der Waals surface area (Å²) < 4.78 is 19.8. The number of benzene rings is 2. The Balaban J connectivity index is 1.63. The third-order valence-corrected chi connectivity index (χ3v) is 4.62. The van der Waals surface area contributed by atoms with E-state index in [4.69, 9.17) is 4.74 Å². The number of ether oxygens (including phenoxy) is 1. The first-order valence-corrected chi connectivity index (χ1v) is 9.10. The predicted molar refractivity (Wildman–Crippen MR) is 103 cm³/mol. The van der Waals surface area contributed by atoms with E-state index in [9.17, 15) is 9.18 Å². The molecular formula is C21H25FN2O2. The molecule has 1 fully saturated rings. The molecule has 1 saturated heterocycles. The second kappa shape index (κ2) is 8.21. The molecule has 0 unspecified atom stereocenters. The largest absolute Gasteiger partial charge is 0.484 e. The molecule has 1 aliphatic rings. The maximum absolute atomic E-state index is 14.3. The number of carbonyl (C=O) groups excluding carboxylic acids is 1. The molecule has 0 aliphatic carbocycles. The monoisotopic (exact) mass is 356 g/mol. The van der Waals surface area contributed by atoms with Gasteiger partial charge in [0.2, 0.25) is 0 Å². The van der Waals surface area contributed by atoms with Crippen LogP contribution >= 0.6 is 0 Å². The first-order chi connectivity index (χ1) is 12.5. The van der Waals surface area contributed by atoms with Crippen LogP contribution in [0, 0.1) is 5.82 Å². The Morgan fingerprint density at radius 3 is 2.50 bits per heavy atom. The van der Waals surface area contributed by atoms with E-state index in [2.05, 4.69) is 24.1 Å². The minimum Gasteiger partial charge on any atom is -0.484 e. The fourth-order valence-electron chi connectivity index (χ4n) is 3.13. The Kier molecular flexibility index (Phi) is 5.76. The van der Waals surface area contributed by atoms with E-state index < -0.39 is 5.82 Å². The van der Waals surface area contributed by atoms with Crippen molar-refractivity contribution in [1.29, 1.82) is 0 Å². The molecule has 3 rings (SSSR count). The van der Waals surface area contributed by atoms with Gasteiger partial charge in [-0.05, 0) is 48.6 Å². The predicted octanol–water partition coefficient (Wildman–Crippen LogP) is 4.57. The fraction of sp³-hybridized carbons (Fsp3) is 0.381. The lowest BCUT2D eigenvalue weighted by Gasteiger charge is -2.22. The average molecular weight is 356 g/mol. The number of hydrogen-bond acceptors (Lipinski definition) is 3. The first kappa shape index (κ1) is 18.2. The second-order valence-corrected chi connectivity index (χ2v) is 6.89. The standard InChI is InChI=1S/C21H25FN2O2/c1-15(2)16-8-10-17(11-9-16)26-14-20(25)23-21-18(22)6-5-7-19(21)24-12-3-4-13-24/h5-11,15H,3-4,12-14H2,1-2H3,(H,23,25). The lowest BCUT2D eigenvalue weighted by molar-refractivity contribution is -0.118. The molecular weight excluding hydrogens is 331 g/mol. The lowest BCUT2D eigenvalue weighted by Crippen LogP contribution is -2.24. The van der Waals surface area contributed by atoms with E-state index in [1.807, 2.05) is 30.3 Å².